The molecule has 0 aliphatic heterocycles. The van der Waals surface area contributed by atoms with E-state index in [2.05, 4.69) is 36.8 Å². The summed E-state index contributed by atoms with van der Waals surface area (Å²) >= 11 is 3.49. The number of thioether (sulfide) groups is 1. The highest BCUT2D eigenvalue weighted by Gasteiger charge is 1.99. The van der Waals surface area contributed by atoms with Crippen molar-refractivity contribution >= 4 is 33.9 Å². The molecule has 2 heteroatoms. The smallest absolute Gasteiger partial charge is 0.0127 e. The van der Waals surface area contributed by atoms with E-state index in [1.54, 1.807) is 23.1 Å². The molecule has 0 saturated heterocycles. The van der Waals surface area contributed by atoms with Crippen molar-refractivity contribution in [2.24, 2.45) is 0 Å². The molecule has 0 unspecified atom stereocenters. The zero-order valence-electron chi connectivity index (χ0n) is 6.83. The standard InChI is InChI=1S/C10H9S2/c1-7-10-4-3-9(11-2)5-8(10)6-12-7/h3-6H,1H2,2H3. The zero-order valence-corrected chi connectivity index (χ0v) is 8.47. The van der Waals surface area contributed by atoms with Gasteiger partial charge in [-0.15, -0.1) is 23.1 Å². The second-order valence-corrected chi connectivity index (χ2v) is 4.46. The summed E-state index contributed by atoms with van der Waals surface area (Å²) in [5.74, 6) is 0. The third kappa shape index (κ3) is 1.25. The molecule has 1 aromatic heterocycles. The van der Waals surface area contributed by atoms with Crippen LogP contribution >= 0.6 is 23.1 Å². The topological polar surface area (TPSA) is 0 Å². The van der Waals surface area contributed by atoms with Crippen LogP contribution < -0.4 is 0 Å². The van der Waals surface area contributed by atoms with Crippen LogP contribution in [0.15, 0.2) is 28.5 Å². The molecule has 0 aliphatic rings. The molecule has 1 aromatic carbocycles. The second-order valence-electron chi connectivity index (χ2n) is 2.61. The average molecular weight is 193 g/mol. The van der Waals surface area contributed by atoms with E-state index in [1.165, 1.54) is 15.7 Å². The van der Waals surface area contributed by atoms with Gasteiger partial charge in [-0.3, -0.25) is 0 Å². The van der Waals surface area contributed by atoms with Crippen LogP contribution in [0.4, 0.5) is 0 Å². The van der Waals surface area contributed by atoms with Gasteiger partial charge in [-0.1, -0.05) is 6.07 Å². The fourth-order valence-corrected chi connectivity index (χ4v) is 2.44. The van der Waals surface area contributed by atoms with Crippen molar-refractivity contribution in [2.75, 3.05) is 6.26 Å². The van der Waals surface area contributed by atoms with Crippen LogP contribution in [0.2, 0.25) is 0 Å². The lowest BCUT2D eigenvalue weighted by atomic mass is 10.2. The predicted molar refractivity (Wildman–Crippen MR) is 58.1 cm³/mol. The van der Waals surface area contributed by atoms with Crippen molar-refractivity contribution in [3.8, 4) is 0 Å². The van der Waals surface area contributed by atoms with Crippen LogP contribution in [0.5, 0.6) is 0 Å². The molecular formula is C10H9S2. The molecule has 1 heterocycles. The fraction of sp³-hybridized carbons (Fsp3) is 0.100. The quantitative estimate of drug-likeness (QED) is 0.621. The number of hydrogen-bond acceptors (Lipinski definition) is 2. The van der Waals surface area contributed by atoms with Crippen LogP contribution in [-0.2, 0) is 0 Å². The van der Waals surface area contributed by atoms with Gasteiger partial charge in [0, 0.05) is 9.77 Å². The Morgan fingerprint density at radius 2 is 2.25 bits per heavy atom. The highest BCUT2D eigenvalue weighted by molar-refractivity contribution is 7.98. The van der Waals surface area contributed by atoms with Crippen molar-refractivity contribution in [2.45, 2.75) is 4.90 Å². The summed E-state index contributed by atoms with van der Waals surface area (Å²) in [7, 11) is 0. The van der Waals surface area contributed by atoms with E-state index in [0.717, 1.165) is 4.88 Å². The number of thiophene rings is 1. The maximum atomic E-state index is 3.98. The van der Waals surface area contributed by atoms with E-state index in [9.17, 15) is 0 Å². The van der Waals surface area contributed by atoms with Gasteiger partial charge in [-0.25, -0.2) is 0 Å². The van der Waals surface area contributed by atoms with Gasteiger partial charge >= 0.3 is 0 Å². The van der Waals surface area contributed by atoms with Crippen LogP contribution in [0, 0.1) is 6.92 Å². The number of benzene rings is 1. The van der Waals surface area contributed by atoms with Crippen molar-refractivity contribution in [3.05, 3.63) is 35.4 Å². The first-order valence-corrected chi connectivity index (χ1v) is 5.79. The molecule has 0 bridgehead atoms. The van der Waals surface area contributed by atoms with Crippen LogP contribution in [0.3, 0.4) is 0 Å². The van der Waals surface area contributed by atoms with Crippen LogP contribution in [0.1, 0.15) is 4.88 Å². The van der Waals surface area contributed by atoms with Crippen molar-refractivity contribution < 1.29 is 0 Å². The summed E-state index contributed by atoms with van der Waals surface area (Å²) in [5, 5.41) is 4.77. The molecule has 2 rings (SSSR count). The monoisotopic (exact) mass is 193 g/mol. The number of fused-ring (bicyclic) bond motifs is 1. The van der Waals surface area contributed by atoms with Gasteiger partial charge in [0.05, 0.1) is 0 Å². The van der Waals surface area contributed by atoms with Gasteiger partial charge in [0.15, 0.2) is 0 Å². The van der Waals surface area contributed by atoms with Gasteiger partial charge in [0.1, 0.15) is 0 Å². The minimum atomic E-state index is 1.16. The maximum absolute atomic E-state index is 3.98. The van der Waals surface area contributed by atoms with Crippen LogP contribution in [-0.4, -0.2) is 6.26 Å². The first kappa shape index (κ1) is 8.14. The SMILES string of the molecule is [CH2]c1scc2cc(SC)ccc12. The normalized spacial score (nSPS) is 10.8. The summed E-state index contributed by atoms with van der Waals surface area (Å²) in [5.41, 5.74) is 0. The predicted octanol–water partition coefficient (Wildman–Crippen LogP) is 3.81. The summed E-state index contributed by atoms with van der Waals surface area (Å²) < 4.78 is 0. The molecule has 0 N–H and O–H groups in total. The first-order valence-electron chi connectivity index (χ1n) is 3.68. The summed E-state index contributed by atoms with van der Waals surface area (Å²) in [4.78, 5) is 2.48. The first-order chi connectivity index (χ1) is 5.81. The second kappa shape index (κ2) is 3.11. The molecule has 0 fully saturated rings. The Hall–Kier alpha value is -0.470. The molecule has 61 valence electrons. The Bertz CT molecular complexity index is 401. The van der Waals surface area contributed by atoms with E-state index in [4.69, 9.17) is 0 Å². The maximum Gasteiger partial charge on any atom is 0.0127 e. The largest absolute Gasteiger partial charge is 0.148 e. The van der Waals surface area contributed by atoms with Gasteiger partial charge in [-0.2, -0.15) is 0 Å². The molecule has 2 aromatic rings. The molecule has 0 aliphatic carbocycles. The van der Waals surface area contributed by atoms with Gasteiger partial charge in [-0.05, 0) is 41.5 Å². The van der Waals surface area contributed by atoms with Gasteiger partial charge < -0.3 is 0 Å². The minimum Gasteiger partial charge on any atom is -0.148 e. The Kier molecular flexibility index (Phi) is 2.11. The lowest BCUT2D eigenvalue weighted by molar-refractivity contribution is 1.52. The van der Waals surface area contributed by atoms with E-state index in [1.807, 2.05) is 0 Å². The third-order valence-electron chi connectivity index (χ3n) is 1.89. The van der Waals surface area contributed by atoms with Crippen molar-refractivity contribution in [1.82, 2.24) is 0 Å². The Balaban J connectivity index is 2.69. The van der Waals surface area contributed by atoms with Gasteiger partial charge in [0.25, 0.3) is 0 Å². The number of hydrogen-bond donors (Lipinski definition) is 0. The summed E-state index contributed by atoms with van der Waals surface area (Å²) in [6.07, 6.45) is 2.10. The average Bonchev–Trinajstić information content (AvgIpc) is 2.47. The van der Waals surface area contributed by atoms with Crippen molar-refractivity contribution in [1.29, 1.82) is 0 Å². The highest BCUT2D eigenvalue weighted by atomic mass is 32.2. The summed E-state index contributed by atoms with van der Waals surface area (Å²) in [6.45, 7) is 3.98. The van der Waals surface area contributed by atoms with E-state index >= 15 is 0 Å². The zero-order chi connectivity index (χ0) is 8.55. The molecule has 12 heavy (non-hydrogen) atoms. The highest BCUT2D eigenvalue weighted by Crippen LogP contribution is 2.28. The molecule has 0 nitrogen and oxygen atoms in total. The fourth-order valence-electron chi connectivity index (χ4n) is 1.22. The van der Waals surface area contributed by atoms with E-state index < -0.39 is 0 Å². The molecule has 0 spiro atoms. The lowest BCUT2D eigenvalue weighted by Gasteiger charge is -1.95. The minimum absolute atomic E-state index is 1.16. The van der Waals surface area contributed by atoms with Crippen molar-refractivity contribution in [3.63, 3.8) is 0 Å². The molecule has 0 amide bonds. The van der Waals surface area contributed by atoms with E-state index in [-0.39, 0.29) is 0 Å². The molecule has 0 saturated carbocycles. The molecule has 0 atom stereocenters. The Labute approximate surface area is 80.6 Å². The summed E-state index contributed by atoms with van der Waals surface area (Å²) in [6, 6.07) is 6.51. The van der Waals surface area contributed by atoms with Crippen LogP contribution in [0.25, 0.3) is 10.8 Å². The van der Waals surface area contributed by atoms with Gasteiger partial charge in [0.2, 0.25) is 0 Å². The Morgan fingerprint density at radius 3 is 3.00 bits per heavy atom. The lowest BCUT2D eigenvalue weighted by Crippen LogP contribution is -1.70. The molecular weight excluding hydrogens is 184 g/mol. The van der Waals surface area contributed by atoms with E-state index in [0.29, 0.717) is 0 Å². The molecule has 1 radical (unpaired) electrons. The third-order valence-corrected chi connectivity index (χ3v) is 3.49. The Morgan fingerprint density at radius 1 is 1.42 bits per heavy atom. The number of rotatable bonds is 1.